The summed E-state index contributed by atoms with van der Waals surface area (Å²) in [6.45, 7) is 3.21. The van der Waals surface area contributed by atoms with Gasteiger partial charge in [-0.25, -0.2) is 12.8 Å². The number of benzene rings is 3. The SMILES string of the molecule is CN1CCN(c2cc3c(cc2F)c(=O)c(S(=O)(=O)c2cccc(Cl)c2)cn3Cc2ccccc2)CC1. The molecule has 4 aromatic rings. The number of hydrogen-bond acceptors (Lipinski definition) is 5. The average molecular weight is 526 g/mol. The van der Waals surface area contributed by atoms with Crippen molar-refractivity contribution in [1.29, 1.82) is 0 Å². The van der Waals surface area contributed by atoms with Crippen LogP contribution in [-0.4, -0.2) is 51.1 Å². The summed E-state index contributed by atoms with van der Waals surface area (Å²) in [7, 11) is -2.18. The largest absolute Gasteiger partial charge is 0.367 e. The van der Waals surface area contributed by atoms with Gasteiger partial charge in [-0.05, 0) is 42.9 Å². The summed E-state index contributed by atoms with van der Waals surface area (Å²) in [6, 6.07) is 18.1. The van der Waals surface area contributed by atoms with Crippen LogP contribution in [-0.2, 0) is 16.4 Å². The van der Waals surface area contributed by atoms with Crippen LogP contribution in [0.2, 0.25) is 5.02 Å². The molecular formula is C27H25ClFN3O3S. The maximum Gasteiger partial charge on any atom is 0.211 e. The quantitative estimate of drug-likeness (QED) is 0.386. The minimum absolute atomic E-state index is 0.0180. The van der Waals surface area contributed by atoms with E-state index in [0.29, 0.717) is 30.8 Å². The molecule has 36 heavy (non-hydrogen) atoms. The fraction of sp³-hybridized carbons (Fsp3) is 0.222. The second-order valence-corrected chi connectivity index (χ2v) is 11.4. The summed E-state index contributed by atoms with van der Waals surface area (Å²) in [5, 5.41) is 0.258. The molecule has 0 radical (unpaired) electrons. The Morgan fingerprint density at radius 2 is 1.67 bits per heavy atom. The number of piperazine rings is 1. The van der Waals surface area contributed by atoms with E-state index >= 15 is 4.39 Å². The summed E-state index contributed by atoms with van der Waals surface area (Å²) >= 11 is 6.03. The first-order valence-electron chi connectivity index (χ1n) is 11.6. The van der Waals surface area contributed by atoms with Gasteiger partial charge < -0.3 is 14.4 Å². The zero-order valence-corrected chi connectivity index (χ0v) is 21.3. The van der Waals surface area contributed by atoms with Crippen LogP contribution in [0.5, 0.6) is 0 Å². The van der Waals surface area contributed by atoms with Crippen molar-refractivity contribution in [2.75, 3.05) is 38.1 Å². The lowest BCUT2D eigenvalue weighted by Gasteiger charge is -2.34. The number of rotatable bonds is 5. The molecule has 1 saturated heterocycles. The molecule has 0 spiro atoms. The fourth-order valence-corrected chi connectivity index (χ4v) is 6.19. The van der Waals surface area contributed by atoms with Crippen LogP contribution in [0.1, 0.15) is 5.56 Å². The number of sulfone groups is 1. The molecule has 0 aliphatic carbocycles. The van der Waals surface area contributed by atoms with Crippen LogP contribution in [0.4, 0.5) is 10.1 Å². The first-order valence-corrected chi connectivity index (χ1v) is 13.4. The van der Waals surface area contributed by atoms with E-state index in [1.165, 1.54) is 30.5 Å². The monoisotopic (exact) mass is 525 g/mol. The molecule has 6 nitrogen and oxygen atoms in total. The smallest absolute Gasteiger partial charge is 0.211 e. The third kappa shape index (κ3) is 4.64. The summed E-state index contributed by atoms with van der Waals surface area (Å²) in [5.74, 6) is -0.548. The van der Waals surface area contributed by atoms with Gasteiger partial charge in [0.05, 0.1) is 21.5 Å². The second kappa shape index (κ2) is 9.69. The van der Waals surface area contributed by atoms with Crippen molar-refractivity contribution in [3.05, 3.63) is 99.6 Å². The topological polar surface area (TPSA) is 62.6 Å². The highest BCUT2D eigenvalue weighted by Gasteiger charge is 2.26. The first kappa shape index (κ1) is 24.5. The van der Waals surface area contributed by atoms with Gasteiger partial charge in [0.1, 0.15) is 10.7 Å². The summed E-state index contributed by atoms with van der Waals surface area (Å²) in [4.78, 5) is 17.1. The van der Waals surface area contributed by atoms with E-state index in [-0.39, 0.29) is 15.3 Å². The lowest BCUT2D eigenvalue weighted by Crippen LogP contribution is -2.44. The van der Waals surface area contributed by atoms with Crippen molar-refractivity contribution < 1.29 is 12.8 Å². The molecular weight excluding hydrogens is 501 g/mol. The number of nitrogens with zero attached hydrogens (tertiary/aromatic N) is 3. The molecule has 1 aliphatic rings. The third-order valence-corrected chi connectivity index (χ3v) is 8.53. The molecule has 0 bridgehead atoms. The molecule has 0 atom stereocenters. The summed E-state index contributed by atoms with van der Waals surface area (Å²) < 4.78 is 44.1. The highest BCUT2D eigenvalue weighted by molar-refractivity contribution is 7.91. The van der Waals surface area contributed by atoms with E-state index in [1.54, 1.807) is 16.7 Å². The number of hydrogen-bond donors (Lipinski definition) is 0. The third-order valence-electron chi connectivity index (χ3n) is 6.55. The Balaban J connectivity index is 1.73. The van der Waals surface area contributed by atoms with Crippen LogP contribution in [0.3, 0.4) is 0 Å². The van der Waals surface area contributed by atoms with Crippen molar-refractivity contribution in [2.24, 2.45) is 0 Å². The van der Waals surface area contributed by atoms with E-state index in [0.717, 1.165) is 18.7 Å². The highest BCUT2D eigenvalue weighted by atomic mass is 35.5. The van der Waals surface area contributed by atoms with Crippen LogP contribution < -0.4 is 10.3 Å². The number of fused-ring (bicyclic) bond motifs is 1. The van der Waals surface area contributed by atoms with Crippen molar-refractivity contribution in [3.63, 3.8) is 0 Å². The molecule has 186 valence electrons. The molecule has 0 amide bonds. The van der Waals surface area contributed by atoms with E-state index in [1.807, 2.05) is 42.3 Å². The van der Waals surface area contributed by atoms with Gasteiger partial charge in [-0.15, -0.1) is 0 Å². The molecule has 0 saturated carbocycles. The number of anilines is 1. The Labute approximate surface area is 214 Å². The molecule has 0 unspecified atom stereocenters. The standard InChI is InChI=1S/C27H25ClFN3O3S/c1-30-10-12-31(13-11-30)25-16-24-22(15-23(25)29)27(33)26(18-32(24)17-19-6-3-2-4-7-19)36(34,35)21-9-5-8-20(28)14-21/h2-9,14-16,18H,10-13,17H2,1H3. The van der Waals surface area contributed by atoms with E-state index in [4.69, 9.17) is 11.6 Å². The van der Waals surface area contributed by atoms with Gasteiger partial charge in [-0.3, -0.25) is 4.79 Å². The van der Waals surface area contributed by atoms with Gasteiger partial charge in [-0.2, -0.15) is 0 Å². The molecule has 3 aromatic carbocycles. The predicted molar refractivity (Wildman–Crippen MR) is 140 cm³/mol. The zero-order valence-electron chi connectivity index (χ0n) is 19.7. The van der Waals surface area contributed by atoms with Gasteiger partial charge in [0.15, 0.2) is 0 Å². The first-order chi connectivity index (χ1) is 17.2. The van der Waals surface area contributed by atoms with Gasteiger partial charge in [0, 0.05) is 43.9 Å². The van der Waals surface area contributed by atoms with Gasteiger partial charge >= 0.3 is 0 Å². The number of halogens is 2. The van der Waals surface area contributed by atoms with Crippen molar-refractivity contribution in [1.82, 2.24) is 9.47 Å². The minimum Gasteiger partial charge on any atom is -0.367 e. The normalized spacial score (nSPS) is 14.9. The number of aromatic nitrogens is 1. The Hall–Kier alpha value is -3.20. The summed E-state index contributed by atoms with van der Waals surface area (Å²) in [5.41, 5.74) is 1.06. The molecule has 1 aromatic heterocycles. The predicted octanol–water partition coefficient (Wildman–Crippen LogP) is 4.43. The van der Waals surface area contributed by atoms with Crippen LogP contribution in [0.25, 0.3) is 10.9 Å². The van der Waals surface area contributed by atoms with Crippen molar-refractivity contribution >= 4 is 38.0 Å². The average Bonchev–Trinajstić information content (AvgIpc) is 2.87. The Morgan fingerprint density at radius 3 is 2.36 bits per heavy atom. The maximum atomic E-state index is 15.4. The molecule has 1 aliphatic heterocycles. The van der Waals surface area contributed by atoms with Gasteiger partial charge in [0.25, 0.3) is 0 Å². The van der Waals surface area contributed by atoms with Crippen molar-refractivity contribution in [2.45, 2.75) is 16.3 Å². The molecule has 0 N–H and O–H groups in total. The van der Waals surface area contributed by atoms with Gasteiger partial charge in [0.2, 0.25) is 15.3 Å². The lowest BCUT2D eigenvalue weighted by molar-refractivity contribution is 0.312. The Morgan fingerprint density at radius 1 is 0.944 bits per heavy atom. The number of pyridine rings is 1. The van der Waals surface area contributed by atoms with Crippen LogP contribution >= 0.6 is 11.6 Å². The van der Waals surface area contributed by atoms with Gasteiger partial charge in [-0.1, -0.05) is 48.0 Å². The molecule has 9 heteroatoms. The summed E-state index contributed by atoms with van der Waals surface area (Å²) in [6.07, 6.45) is 1.36. The fourth-order valence-electron chi connectivity index (χ4n) is 4.53. The Kier molecular flexibility index (Phi) is 6.59. The minimum atomic E-state index is -4.20. The molecule has 2 heterocycles. The van der Waals surface area contributed by atoms with Crippen LogP contribution in [0.15, 0.2) is 87.5 Å². The molecule has 1 fully saturated rings. The Bertz CT molecular complexity index is 1600. The van der Waals surface area contributed by atoms with E-state index < -0.39 is 26.0 Å². The lowest BCUT2D eigenvalue weighted by atomic mass is 10.1. The van der Waals surface area contributed by atoms with Crippen molar-refractivity contribution in [3.8, 4) is 0 Å². The van der Waals surface area contributed by atoms with E-state index in [9.17, 15) is 13.2 Å². The van der Waals surface area contributed by atoms with E-state index in [2.05, 4.69) is 4.90 Å². The number of likely N-dealkylation sites (N-methyl/N-ethyl adjacent to an activating group) is 1. The maximum absolute atomic E-state index is 15.4. The molecule has 5 rings (SSSR count). The highest BCUT2D eigenvalue weighted by Crippen LogP contribution is 2.29. The zero-order chi connectivity index (χ0) is 25.4. The van der Waals surface area contributed by atoms with Crippen LogP contribution in [0, 0.1) is 5.82 Å². The second-order valence-electron chi connectivity index (χ2n) is 9.01.